The van der Waals surface area contributed by atoms with Gasteiger partial charge in [-0.1, -0.05) is 11.3 Å². The van der Waals surface area contributed by atoms with E-state index >= 15 is 0 Å². The van der Waals surface area contributed by atoms with E-state index in [4.69, 9.17) is 4.42 Å². The Morgan fingerprint density at radius 2 is 2.07 bits per heavy atom. The molecule has 2 N–H and O–H groups in total. The number of amides is 2. The Hall–Kier alpha value is -3.11. The average molecular weight is 429 g/mol. The molecule has 1 fully saturated rings. The molecule has 30 heavy (non-hydrogen) atoms. The van der Waals surface area contributed by atoms with Gasteiger partial charge in [-0.15, -0.1) is 10.2 Å². The lowest BCUT2D eigenvalue weighted by Gasteiger charge is -2.22. The van der Waals surface area contributed by atoms with E-state index in [0.29, 0.717) is 29.5 Å². The smallest absolute Gasteiger partial charge is 0.286 e. The van der Waals surface area contributed by atoms with Crippen molar-refractivity contribution in [1.82, 2.24) is 20.4 Å². The van der Waals surface area contributed by atoms with Crippen molar-refractivity contribution in [2.45, 2.75) is 32.0 Å². The molecular weight excluding hydrogens is 409 g/mol. The van der Waals surface area contributed by atoms with E-state index in [2.05, 4.69) is 20.8 Å². The quantitative estimate of drug-likeness (QED) is 0.599. The van der Waals surface area contributed by atoms with E-state index in [1.165, 1.54) is 35.6 Å². The highest BCUT2D eigenvalue weighted by atomic mass is 32.1. The predicted molar refractivity (Wildman–Crippen MR) is 108 cm³/mol. The van der Waals surface area contributed by atoms with Crippen LogP contribution in [0, 0.1) is 5.82 Å². The molecule has 8 nitrogen and oxygen atoms in total. The first kappa shape index (κ1) is 20.2. The molecule has 10 heteroatoms. The van der Waals surface area contributed by atoms with Crippen LogP contribution in [0.25, 0.3) is 0 Å². The van der Waals surface area contributed by atoms with Crippen LogP contribution < -0.4 is 10.6 Å². The highest BCUT2D eigenvalue weighted by Gasteiger charge is 2.31. The summed E-state index contributed by atoms with van der Waals surface area (Å²) in [4.78, 5) is 26.9. The van der Waals surface area contributed by atoms with Gasteiger partial charge in [0.15, 0.2) is 0 Å². The summed E-state index contributed by atoms with van der Waals surface area (Å²) in [6, 6.07) is 8.84. The molecule has 1 aromatic carbocycles. The summed E-state index contributed by atoms with van der Waals surface area (Å²) in [6.07, 6.45) is 3.25. The van der Waals surface area contributed by atoms with Crippen molar-refractivity contribution in [3.63, 3.8) is 0 Å². The van der Waals surface area contributed by atoms with Gasteiger partial charge in [0.2, 0.25) is 10.9 Å². The summed E-state index contributed by atoms with van der Waals surface area (Å²) in [5.41, 5.74) is 0.478. The first-order valence-corrected chi connectivity index (χ1v) is 10.3. The van der Waals surface area contributed by atoms with E-state index in [-0.39, 0.29) is 22.8 Å². The lowest BCUT2D eigenvalue weighted by molar-refractivity contribution is -0.125. The minimum atomic E-state index is -0.403. The van der Waals surface area contributed by atoms with Gasteiger partial charge in [-0.05, 0) is 55.8 Å². The molecule has 1 aliphatic rings. The van der Waals surface area contributed by atoms with E-state index in [1.54, 1.807) is 12.3 Å². The number of hydrogen-bond donors (Lipinski definition) is 2. The fourth-order valence-corrected chi connectivity index (χ4v) is 4.08. The number of nitrogens with one attached hydrogen (secondary N) is 2. The van der Waals surface area contributed by atoms with Gasteiger partial charge >= 0.3 is 0 Å². The molecule has 2 amide bonds. The minimum absolute atomic E-state index is 0.0531. The Balaban J connectivity index is 1.33. The number of carbonyl (C=O) groups excluding carboxylic acids is 2. The molecule has 1 aliphatic heterocycles. The van der Waals surface area contributed by atoms with Gasteiger partial charge in [0, 0.05) is 5.69 Å². The Bertz CT molecular complexity index is 1010. The lowest BCUT2D eigenvalue weighted by Crippen LogP contribution is -2.42. The van der Waals surface area contributed by atoms with Crippen LogP contribution >= 0.6 is 11.3 Å². The van der Waals surface area contributed by atoms with Crippen molar-refractivity contribution in [3.8, 4) is 0 Å². The van der Waals surface area contributed by atoms with Gasteiger partial charge in [0.1, 0.15) is 16.6 Å². The molecule has 0 spiro atoms. The van der Waals surface area contributed by atoms with Gasteiger partial charge in [-0.2, -0.15) is 0 Å². The lowest BCUT2D eigenvalue weighted by atomic mass is 10.2. The number of anilines is 1. The van der Waals surface area contributed by atoms with Crippen molar-refractivity contribution in [1.29, 1.82) is 0 Å². The Morgan fingerprint density at radius 1 is 1.23 bits per heavy atom. The minimum Gasteiger partial charge on any atom is -0.467 e. The van der Waals surface area contributed by atoms with Crippen molar-refractivity contribution < 1.29 is 18.4 Å². The second kappa shape index (κ2) is 9.14. The molecule has 156 valence electrons. The zero-order valence-corrected chi connectivity index (χ0v) is 16.8. The number of carbonyl (C=O) groups is 2. The SMILES string of the molecule is O=C(Nc1ccc(F)cc1)c1nnc(CN2CCCC2C(=O)NCc2ccco2)s1. The third kappa shape index (κ3) is 4.89. The van der Waals surface area contributed by atoms with E-state index in [1.807, 2.05) is 11.0 Å². The maximum Gasteiger partial charge on any atom is 0.286 e. The van der Waals surface area contributed by atoms with Gasteiger partial charge in [0.05, 0.1) is 25.4 Å². The molecule has 0 radical (unpaired) electrons. The van der Waals surface area contributed by atoms with Gasteiger partial charge < -0.3 is 15.1 Å². The molecule has 1 atom stereocenters. The van der Waals surface area contributed by atoms with Crippen LogP contribution in [0.2, 0.25) is 0 Å². The first-order chi connectivity index (χ1) is 14.6. The molecule has 1 saturated heterocycles. The largest absolute Gasteiger partial charge is 0.467 e. The molecule has 0 bridgehead atoms. The first-order valence-electron chi connectivity index (χ1n) is 9.52. The maximum atomic E-state index is 13.0. The monoisotopic (exact) mass is 429 g/mol. The number of benzene rings is 1. The third-order valence-corrected chi connectivity index (χ3v) is 5.69. The van der Waals surface area contributed by atoms with E-state index < -0.39 is 5.91 Å². The van der Waals surface area contributed by atoms with Crippen LogP contribution in [0.4, 0.5) is 10.1 Å². The number of likely N-dealkylation sites (tertiary alicyclic amines) is 1. The molecular formula is C20H20FN5O3S. The Kier molecular flexibility index (Phi) is 6.15. The molecule has 3 heterocycles. The Morgan fingerprint density at radius 3 is 2.83 bits per heavy atom. The van der Waals surface area contributed by atoms with Gasteiger partial charge in [0.25, 0.3) is 5.91 Å². The molecule has 0 saturated carbocycles. The zero-order chi connectivity index (χ0) is 20.9. The number of furan rings is 1. The van der Waals surface area contributed by atoms with Crippen LogP contribution in [0.3, 0.4) is 0 Å². The third-order valence-electron chi connectivity index (χ3n) is 4.78. The predicted octanol–water partition coefficient (Wildman–Crippen LogP) is 2.80. The zero-order valence-electron chi connectivity index (χ0n) is 16.0. The number of halogens is 1. The number of hydrogen-bond acceptors (Lipinski definition) is 7. The second-order valence-electron chi connectivity index (χ2n) is 6.89. The Labute approximate surface area is 176 Å². The van der Waals surface area contributed by atoms with Crippen molar-refractivity contribution in [2.24, 2.45) is 0 Å². The average Bonchev–Trinajstić information content (AvgIpc) is 3.50. The summed E-state index contributed by atoms with van der Waals surface area (Å²) in [7, 11) is 0. The normalized spacial score (nSPS) is 16.5. The summed E-state index contributed by atoms with van der Waals surface area (Å²) in [5.74, 6) is -0.129. The fourth-order valence-electron chi connectivity index (χ4n) is 3.32. The van der Waals surface area contributed by atoms with Crippen molar-refractivity contribution in [3.05, 3.63) is 64.3 Å². The van der Waals surface area contributed by atoms with Gasteiger partial charge in [-0.25, -0.2) is 4.39 Å². The molecule has 3 aromatic rings. The molecule has 1 unspecified atom stereocenters. The second-order valence-corrected chi connectivity index (χ2v) is 7.95. The van der Waals surface area contributed by atoms with E-state index in [9.17, 15) is 14.0 Å². The van der Waals surface area contributed by atoms with Crippen molar-refractivity contribution >= 4 is 28.8 Å². The number of rotatable bonds is 7. The molecule has 4 rings (SSSR count). The summed E-state index contributed by atoms with van der Waals surface area (Å²) in [5, 5.41) is 14.5. The van der Waals surface area contributed by atoms with Crippen LogP contribution in [-0.4, -0.2) is 39.5 Å². The van der Waals surface area contributed by atoms with Crippen LogP contribution in [0.1, 0.15) is 33.4 Å². The highest BCUT2D eigenvalue weighted by Crippen LogP contribution is 2.22. The summed E-state index contributed by atoms with van der Waals surface area (Å²) < 4.78 is 18.2. The van der Waals surface area contributed by atoms with Crippen molar-refractivity contribution in [2.75, 3.05) is 11.9 Å². The number of nitrogens with zero attached hydrogens (tertiary/aromatic N) is 3. The standard InChI is InChI=1S/C20H20FN5O3S/c21-13-5-7-14(8-6-13)23-19(28)20-25-24-17(30-20)12-26-9-1-4-16(26)18(27)22-11-15-3-2-10-29-15/h2-3,5-8,10,16H,1,4,9,11-12H2,(H,22,27)(H,23,28). The maximum absolute atomic E-state index is 13.0. The van der Waals surface area contributed by atoms with Crippen LogP contribution in [-0.2, 0) is 17.9 Å². The van der Waals surface area contributed by atoms with Gasteiger partial charge in [-0.3, -0.25) is 14.5 Å². The highest BCUT2D eigenvalue weighted by molar-refractivity contribution is 7.13. The summed E-state index contributed by atoms with van der Waals surface area (Å²) >= 11 is 1.18. The van der Waals surface area contributed by atoms with Crippen LogP contribution in [0.15, 0.2) is 47.1 Å². The molecule has 2 aromatic heterocycles. The fraction of sp³-hybridized carbons (Fsp3) is 0.300. The topological polar surface area (TPSA) is 100 Å². The molecule has 0 aliphatic carbocycles. The summed E-state index contributed by atoms with van der Waals surface area (Å²) in [6.45, 7) is 1.57. The van der Waals surface area contributed by atoms with Crippen LogP contribution in [0.5, 0.6) is 0 Å². The number of aromatic nitrogens is 2. The van der Waals surface area contributed by atoms with E-state index in [0.717, 1.165) is 19.4 Å².